The summed E-state index contributed by atoms with van der Waals surface area (Å²) in [4.78, 5) is 0. The highest BCUT2D eigenvalue weighted by Gasteiger charge is 2.22. The van der Waals surface area contributed by atoms with Crippen LogP contribution in [-0.4, -0.2) is 35.8 Å². The first-order valence-electron chi connectivity index (χ1n) is 6.23. The third-order valence-electron chi connectivity index (χ3n) is 3.09. The van der Waals surface area contributed by atoms with Crippen LogP contribution in [0.3, 0.4) is 0 Å². The minimum atomic E-state index is -0.278. The lowest BCUT2D eigenvalue weighted by molar-refractivity contribution is 0.228. The molecule has 0 aromatic heterocycles. The lowest BCUT2D eigenvalue weighted by atomic mass is 9.88. The number of nitrogens with one attached hydrogen (secondary N) is 1. The van der Waals surface area contributed by atoms with Crippen LogP contribution in [0.5, 0.6) is 0 Å². The number of hydrogen-bond acceptors (Lipinski definition) is 4. The SMILES string of the molecule is CC(CO)CCCNCCC(C)(C)C(N)=NO. The van der Waals surface area contributed by atoms with Gasteiger partial charge in [0.25, 0.3) is 0 Å². The van der Waals surface area contributed by atoms with Crippen LogP contribution in [0.2, 0.25) is 0 Å². The predicted octanol–water partition coefficient (Wildman–Crippen LogP) is 1.15. The molecule has 0 aliphatic heterocycles. The van der Waals surface area contributed by atoms with Crippen LogP contribution in [0.1, 0.15) is 40.0 Å². The molecule has 1 unspecified atom stereocenters. The van der Waals surface area contributed by atoms with E-state index in [0.29, 0.717) is 5.92 Å². The smallest absolute Gasteiger partial charge is 0.144 e. The second kappa shape index (κ2) is 8.31. The van der Waals surface area contributed by atoms with Crippen LogP contribution >= 0.6 is 0 Å². The van der Waals surface area contributed by atoms with Crippen molar-refractivity contribution >= 4 is 5.84 Å². The summed E-state index contributed by atoms with van der Waals surface area (Å²) in [5.74, 6) is 0.651. The van der Waals surface area contributed by atoms with E-state index in [1.54, 1.807) is 0 Å². The van der Waals surface area contributed by atoms with Crippen molar-refractivity contribution in [1.82, 2.24) is 5.32 Å². The van der Waals surface area contributed by atoms with Gasteiger partial charge in [0.15, 0.2) is 0 Å². The Morgan fingerprint density at radius 2 is 2.06 bits per heavy atom. The van der Waals surface area contributed by atoms with Crippen LogP contribution in [0.25, 0.3) is 0 Å². The summed E-state index contributed by atoms with van der Waals surface area (Å²) in [6, 6.07) is 0. The summed E-state index contributed by atoms with van der Waals surface area (Å²) in [7, 11) is 0. The van der Waals surface area contributed by atoms with E-state index in [9.17, 15) is 0 Å². The number of amidine groups is 1. The second-order valence-electron chi connectivity index (χ2n) is 5.30. The average molecular weight is 245 g/mol. The van der Waals surface area contributed by atoms with E-state index in [1.165, 1.54) is 0 Å². The number of hydrogen-bond donors (Lipinski definition) is 4. The summed E-state index contributed by atoms with van der Waals surface area (Å²) in [6.45, 7) is 8.00. The highest BCUT2D eigenvalue weighted by atomic mass is 16.4. The van der Waals surface area contributed by atoms with Crippen LogP contribution < -0.4 is 11.1 Å². The standard InChI is InChI=1S/C12H27N3O2/c1-10(9-16)5-4-7-14-8-6-12(2,3)11(13)15-17/h10,14,16-17H,4-9H2,1-3H3,(H2,13,15). The maximum atomic E-state index is 8.86. The van der Waals surface area contributed by atoms with Crippen molar-refractivity contribution in [3.8, 4) is 0 Å². The fourth-order valence-electron chi connectivity index (χ4n) is 1.46. The van der Waals surface area contributed by atoms with E-state index in [1.807, 2.05) is 20.8 Å². The van der Waals surface area contributed by atoms with Crippen molar-refractivity contribution in [1.29, 1.82) is 0 Å². The van der Waals surface area contributed by atoms with E-state index in [2.05, 4.69) is 10.5 Å². The van der Waals surface area contributed by atoms with E-state index in [-0.39, 0.29) is 17.9 Å². The molecule has 0 saturated heterocycles. The molecule has 5 nitrogen and oxygen atoms in total. The number of aliphatic hydroxyl groups excluding tert-OH is 1. The van der Waals surface area contributed by atoms with Gasteiger partial charge in [0.05, 0.1) is 0 Å². The van der Waals surface area contributed by atoms with Crippen LogP contribution in [0.15, 0.2) is 5.16 Å². The Morgan fingerprint density at radius 3 is 2.59 bits per heavy atom. The minimum Gasteiger partial charge on any atom is -0.409 e. The summed E-state index contributed by atoms with van der Waals surface area (Å²) in [5, 5.41) is 23.9. The fraction of sp³-hybridized carbons (Fsp3) is 0.917. The van der Waals surface area contributed by atoms with Crippen LogP contribution in [-0.2, 0) is 0 Å². The lowest BCUT2D eigenvalue weighted by Crippen LogP contribution is -2.35. The Morgan fingerprint density at radius 1 is 1.41 bits per heavy atom. The highest BCUT2D eigenvalue weighted by molar-refractivity contribution is 5.85. The Kier molecular flexibility index (Phi) is 7.91. The van der Waals surface area contributed by atoms with E-state index >= 15 is 0 Å². The van der Waals surface area contributed by atoms with Gasteiger partial charge in [-0.25, -0.2) is 0 Å². The molecule has 0 aromatic carbocycles. The third kappa shape index (κ3) is 7.18. The van der Waals surface area contributed by atoms with E-state index < -0.39 is 0 Å². The molecule has 0 aromatic rings. The molecule has 0 rings (SSSR count). The van der Waals surface area contributed by atoms with Crippen LogP contribution in [0.4, 0.5) is 0 Å². The van der Waals surface area contributed by atoms with Gasteiger partial charge < -0.3 is 21.4 Å². The number of nitrogens with zero attached hydrogens (tertiary/aromatic N) is 1. The first-order chi connectivity index (χ1) is 7.94. The van der Waals surface area contributed by atoms with Crippen molar-refractivity contribution in [2.45, 2.75) is 40.0 Å². The molecule has 102 valence electrons. The Balaban J connectivity index is 3.58. The fourth-order valence-corrected chi connectivity index (χ4v) is 1.46. The van der Waals surface area contributed by atoms with Gasteiger partial charge in [0.1, 0.15) is 5.84 Å². The first-order valence-corrected chi connectivity index (χ1v) is 6.23. The normalized spacial score (nSPS) is 14.9. The Labute approximate surface area is 104 Å². The molecule has 0 bridgehead atoms. The number of rotatable bonds is 9. The molecule has 0 fully saturated rings. The third-order valence-corrected chi connectivity index (χ3v) is 3.09. The summed E-state index contributed by atoms with van der Waals surface area (Å²) >= 11 is 0. The van der Waals surface area contributed by atoms with Crippen molar-refractivity contribution in [2.24, 2.45) is 22.2 Å². The van der Waals surface area contributed by atoms with Gasteiger partial charge in [0, 0.05) is 12.0 Å². The molecule has 0 spiro atoms. The summed E-state index contributed by atoms with van der Waals surface area (Å²) in [6.07, 6.45) is 2.93. The van der Waals surface area contributed by atoms with Crippen molar-refractivity contribution in [2.75, 3.05) is 19.7 Å². The maximum Gasteiger partial charge on any atom is 0.144 e. The molecule has 0 heterocycles. The summed E-state index contributed by atoms with van der Waals surface area (Å²) < 4.78 is 0. The van der Waals surface area contributed by atoms with Gasteiger partial charge in [-0.05, 0) is 38.3 Å². The largest absolute Gasteiger partial charge is 0.409 e. The quantitative estimate of drug-likeness (QED) is 0.161. The van der Waals surface area contributed by atoms with Gasteiger partial charge in [-0.1, -0.05) is 25.9 Å². The zero-order valence-corrected chi connectivity index (χ0v) is 11.2. The van der Waals surface area contributed by atoms with Gasteiger partial charge in [-0.15, -0.1) is 0 Å². The lowest BCUT2D eigenvalue weighted by Gasteiger charge is -2.22. The number of nitrogens with two attached hydrogens (primary N) is 1. The van der Waals surface area contributed by atoms with Gasteiger partial charge >= 0.3 is 0 Å². The molecule has 0 amide bonds. The van der Waals surface area contributed by atoms with Gasteiger partial charge in [0.2, 0.25) is 0 Å². The predicted molar refractivity (Wildman–Crippen MR) is 70.2 cm³/mol. The molecule has 0 saturated carbocycles. The van der Waals surface area contributed by atoms with E-state index in [0.717, 1.165) is 32.4 Å². The highest BCUT2D eigenvalue weighted by Crippen LogP contribution is 2.19. The van der Waals surface area contributed by atoms with Crippen molar-refractivity contribution < 1.29 is 10.3 Å². The van der Waals surface area contributed by atoms with Crippen molar-refractivity contribution in [3.63, 3.8) is 0 Å². The molecule has 0 aliphatic carbocycles. The van der Waals surface area contributed by atoms with Crippen molar-refractivity contribution in [3.05, 3.63) is 0 Å². The maximum absolute atomic E-state index is 8.86. The molecule has 17 heavy (non-hydrogen) atoms. The molecular weight excluding hydrogens is 218 g/mol. The second-order valence-corrected chi connectivity index (χ2v) is 5.30. The zero-order valence-electron chi connectivity index (χ0n) is 11.2. The topological polar surface area (TPSA) is 90.9 Å². The minimum absolute atomic E-state index is 0.260. The van der Waals surface area contributed by atoms with Gasteiger partial charge in [-0.2, -0.15) is 0 Å². The first kappa shape index (κ1) is 16.2. The molecule has 5 N–H and O–H groups in total. The molecule has 0 aliphatic rings. The molecule has 5 heteroatoms. The molecule has 0 radical (unpaired) electrons. The number of oxime groups is 1. The number of aliphatic hydroxyl groups is 1. The average Bonchev–Trinajstić information content (AvgIpc) is 2.31. The molecule has 1 atom stereocenters. The zero-order chi connectivity index (χ0) is 13.3. The van der Waals surface area contributed by atoms with E-state index in [4.69, 9.17) is 16.0 Å². The Hall–Kier alpha value is -0.810. The molecular formula is C12H27N3O2. The monoisotopic (exact) mass is 245 g/mol. The summed E-state index contributed by atoms with van der Waals surface area (Å²) in [5.41, 5.74) is 5.32. The van der Waals surface area contributed by atoms with Crippen LogP contribution in [0, 0.1) is 11.3 Å². The van der Waals surface area contributed by atoms with Gasteiger partial charge in [-0.3, -0.25) is 0 Å². The Bertz CT molecular complexity index is 230.